The predicted molar refractivity (Wildman–Crippen MR) is 77.1 cm³/mol. The largest absolute Gasteiger partial charge is 0.464 e. The second-order valence-corrected chi connectivity index (χ2v) is 4.77. The molecule has 122 valence electrons. The lowest BCUT2D eigenvalue weighted by Crippen LogP contribution is -2.45. The molecule has 7 nitrogen and oxygen atoms in total. The van der Waals surface area contributed by atoms with Gasteiger partial charge in [0.15, 0.2) is 0 Å². The molecule has 1 N–H and O–H groups in total. The Morgan fingerprint density at radius 1 is 1.14 bits per heavy atom. The van der Waals surface area contributed by atoms with Gasteiger partial charge < -0.3 is 24.4 Å². The third-order valence-electron chi connectivity index (χ3n) is 3.23. The molecule has 0 saturated carbocycles. The van der Waals surface area contributed by atoms with Gasteiger partial charge in [0, 0.05) is 25.7 Å². The second-order valence-electron chi connectivity index (χ2n) is 4.77. The van der Waals surface area contributed by atoms with E-state index in [2.05, 4.69) is 5.32 Å². The highest BCUT2D eigenvalue weighted by molar-refractivity contribution is 5.70. The van der Waals surface area contributed by atoms with Crippen molar-refractivity contribution in [3.8, 4) is 0 Å². The highest BCUT2D eigenvalue weighted by Gasteiger charge is 2.22. The molecule has 0 aliphatic carbocycles. The van der Waals surface area contributed by atoms with E-state index in [0.29, 0.717) is 45.5 Å². The summed E-state index contributed by atoms with van der Waals surface area (Å²) < 4.78 is 14.9. The number of carbonyl (C=O) groups is 2. The molecule has 1 heterocycles. The number of ether oxygens (including phenoxy) is 3. The Balaban J connectivity index is 2.03. The number of hydrogen-bond donors (Lipinski definition) is 1. The van der Waals surface area contributed by atoms with Crippen LogP contribution in [-0.4, -0.2) is 69.1 Å². The first-order valence-corrected chi connectivity index (χ1v) is 7.55. The van der Waals surface area contributed by atoms with E-state index < -0.39 is 0 Å². The van der Waals surface area contributed by atoms with E-state index in [0.717, 1.165) is 12.8 Å². The standard InChI is InChI=1S/C14H26N2O5/c1-3-20-13(17)11-19-10-7-15-12-5-8-16(9-6-12)14(18)21-4-2/h12,15H,3-11H2,1-2H3. The molecule has 7 heteroatoms. The fraction of sp³-hybridized carbons (Fsp3) is 0.857. The lowest BCUT2D eigenvalue weighted by Gasteiger charge is -2.31. The van der Waals surface area contributed by atoms with E-state index in [-0.39, 0.29) is 18.7 Å². The fourth-order valence-corrected chi connectivity index (χ4v) is 2.17. The third kappa shape index (κ3) is 7.29. The number of nitrogens with one attached hydrogen (secondary N) is 1. The molecule has 0 bridgehead atoms. The Hall–Kier alpha value is -1.34. The maximum atomic E-state index is 11.5. The number of rotatable bonds is 8. The molecular weight excluding hydrogens is 276 g/mol. The van der Waals surface area contributed by atoms with Crippen molar-refractivity contribution >= 4 is 12.1 Å². The summed E-state index contributed by atoms with van der Waals surface area (Å²) in [5, 5.41) is 3.36. The van der Waals surface area contributed by atoms with Crippen LogP contribution in [0.1, 0.15) is 26.7 Å². The average molecular weight is 302 g/mol. The van der Waals surface area contributed by atoms with Crippen LogP contribution in [-0.2, 0) is 19.0 Å². The van der Waals surface area contributed by atoms with Gasteiger partial charge in [-0.25, -0.2) is 9.59 Å². The third-order valence-corrected chi connectivity index (χ3v) is 3.23. The van der Waals surface area contributed by atoms with Crippen molar-refractivity contribution in [2.75, 3.05) is 46.1 Å². The summed E-state index contributed by atoms with van der Waals surface area (Å²) in [6.45, 7) is 6.93. The van der Waals surface area contributed by atoms with Gasteiger partial charge in [-0.2, -0.15) is 0 Å². The summed E-state index contributed by atoms with van der Waals surface area (Å²) >= 11 is 0. The zero-order valence-electron chi connectivity index (χ0n) is 12.9. The van der Waals surface area contributed by atoms with Crippen LogP contribution in [0.4, 0.5) is 4.79 Å². The minimum Gasteiger partial charge on any atom is -0.464 e. The van der Waals surface area contributed by atoms with Gasteiger partial charge in [-0.3, -0.25) is 0 Å². The van der Waals surface area contributed by atoms with E-state index in [1.165, 1.54) is 0 Å². The van der Waals surface area contributed by atoms with Crippen LogP contribution in [0.5, 0.6) is 0 Å². The molecule has 0 unspecified atom stereocenters. The van der Waals surface area contributed by atoms with Crippen molar-refractivity contribution in [3.63, 3.8) is 0 Å². The Morgan fingerprint density at radius 2 is 1.81 bits per heavy atom. The van der Waals surface area contributed by atoms with E-state index in [1.54, 1.807) is 11.8 Å². The molecule has 1 amide bonds. The minimum absolute atomic E-state index is 0.00315. The van der Waals surface area contributed by atoms with Gasteiger partial charge in [-0.15, -0.1) is 0 Å². The normalized spacial score (nSPS) is 15.8. The van der Waals surface area contributed by atoms with Crippen LogP contribution in [0.15, 0.2) is 0 Å². The number of piperidine rings is 1. The zero-order chi connectivity index (χ0) is 15.5. The highest BCUT2D eigenvalue weighted by Crippen LogP contribution is 2.11. The SMILES string of the molecule is CCOC(=O)COCCNC1CCN(C(=O)OCC)CC1. The molecule has 0 spiro atoms. The summed E-state index contributed by atoms with van der Waals surface area (Å²) in [6, 6.07) is 0.377. The van der Waals surface area contributed by atoms with Gasteiger partial charge in [0.05, 0.1) is 19.8 Å². The maximum absolute atomic E-state index is 11.5. The molecule has 1 saturated heterocycles. The van der Waals surface area contributed by atoms with Crippen LogP contribution in [0.2, 0.25) is 0 Å². The monoisotopic (exact) mass is 302 g/mol. The Labute approximate surface area is 125 Å². The van der Waals surface area contributed by atoms with Crippen LogP contribution in [0, 0.1) is 0 Å². The summed E-state index contributed by atoms with van der Waals surface area (Å²) in [5.41, 5.74) is 0. The fourth-order valence-electron chi connectivity index (χ4n) is 2.17. The van der Waals surface area contributed by atoms with Gasteiger partial charge in [0.2, 0.25) is 0 Å². The maximum Gasteiger partial charge on any atom is 0.409 e. The number of esters is 1. The predicted octanol–water partition coefficient (Wildman–Crippen LogP) is 0.777. The van der Waals surface area contributed by atoms with Gasteiger partial charge >= 0.3 is 12.1 Å². The molecular formula is C14H26N2O5. The van der Waals surface area contributed by atoms with Crippen molar-refractivity contribution < 1.29 is 23.8 Å². The zero-order valence-corrected chi connectivity index (χ0v) is 12.9. The highest BCUT2D eigenvalue weighted by atomic mass is 16.6. The first-order valence-electron chi connectivity index (χ1n) is 7.55. The Bertz CT molecular complexity index is 316. The minimum atomic E-state index is -0.333. The Kier molecular flexibility index (Phi) is 8.77. The quantitative estimate of drug-likeness (QED) is 0.527. The summed E-state index contributed by atoms with van der Waals surface area (Å²) in [5.74, 6) is -0.333. The molecule has 0 aromatic heterocycles. The first-order chi connectivity index (χ1) is 10.2. The van der Waals surface area contributed by atoms with Gasteiger partial charge in [0.25, 0.3) is 0 Å². The second kappa shape index (κ2) is 10.4. The number of carbonyl (C=O) groups excluding carboxylic acids is 2. The first kappa shape index (κ1) is 17.7. The van der Waals surface area contributed by atoms with Crippen LogP contribution in [0.3, 0.4) is 0 Å². The van der Waals surface area contributed by atoms with Crippen LogP contribution < -0.4 is 5.32 Å². The van der Waals surface area contributed by atoms with Gasteiger partial charge in [0.1, 0.15) is 6.61 Å². The smallest absolute Gasteiger partial charge is 0.409 e. The average Bonchev–Trinajstić information content (AvgIpc) is 2.48. The number of nitrogens with zero attached hydrogens (tertiary/aromatic N) is 1. The molecule has 0 atom stereocenters. The molecule has 21 heavy (non-hydrogen) atoms. The summed E-state index contributed by atoms with van der Waals surface area (Å²) in [6.07, 6.45) is 1.57. The topological polar surface area (TPSA) is 77.1 Å². The molecule has 1 aliphatic rings. The van der Waals surface area contributed by atoms with Crippen molar-refractivity contribution in [1.82, 2.24) is 10.2 Å². The lowest BCUT2D eigenvalue weighted by molar-refractivity contribution is -0.148. The van der Waals surface area contributed by atoms with Crippen molar-refractivity contribution in [2.24, 2.45) is 0 Å². The summed E-state index contributed by atoms with van der Waals surface area (Å²) in [4.78, 5) is 24.3. The van der Waals surface area contributed by atoms with Gasteiger partial charge in [-0.1, -0.05) is 0 Å². The van der Waals surface area contributed by atoms with Crippen LogP contribution >= 0.6 is 0 Å². The summed E-state index contributed by atoms with van der Waals surface area (Å²) in [7, 11) is 0. The van der Waals surface area contributed by atoms with E-state index in [4.69, 9.17) is 14.2 Å². The number of hydrogen-bond acceptors (Lipinski definition) is 6. The van der Waals surface area contributed by atoms with Crippen molar-refractivity contribution in [2.45, 2.75) is 32.7 Å². The number of likely N-dealkylation sites (tertiary alicyclic amines) is 1. The van der Waals surface area contributed by atoms with Crippen molar-refractivity contribution in [3.05, 3.63) is 0 Å². The molecule has 1 fully saturated rings. The molecule has 0 aromatic carbocycles. The number of amides is 1. The lowest BCUT2D eigenvalue weighted by atomic mass is 10.1. The van der Waals surface area contributed by atoms with Crippen molar-refractivity contribution in [1.29, 1.82) is 0 Å². The van der Waals surface area contributed by atoms with Crippen LogP contribution in [0.25, 0.3) is 0 Å². The molecule has 0 radical (unpaired) electrons. The molecule has 0 aromatic rings. The van der Waals surface area contributed by atoms with E-state index in [1.807, 2.05) is 6.92 Å². The molecule has 1 rings (SSSR count). The Morgan fingerprint density at radius 3 is 2.43 bits per heavy atom. The van der Waals surface area contributed by atoms with E-state index in [9.17, 15) is 9.59 Å². The van der Waals surface area contributed by atoms with E-state index >= 15 is 0 Å². The van der Waals surface area contributed by atoms with Gasteiger partial charge in [-0.05, 0) is 26.7 Å². The molecule has 1 aliphatic heterocycles.